The average Bonchev–Trinajstić information content (AvgIpc) is 3.06. The van der Waals surface area contributed by atoms with E-state index in [-0.39, 0.29) is 11.7 Å². The number of para-hydroxylation sites is 1. The van der Waals surface area contributed by atoms with Gasteiger partial charge in [-0.25, -0.2) is 4.68 Å². The highest BCUT2D eigenvalue weighted by Crippen LogP contribution is 2.29. The van der Waals surface area contributed by atoms with E-state index >= 15 is 0 Å². The summed E-state index contributed by atoms with van der Waals surface area (Å²) in [5.41, 5.74) is 1.36. The minimum Gasteiger partial charge on any atom is -0.496 e. The molecule has 28 heavy (non-hydrogen) atoms. The fourth-order valence-electron chi connectivity index (χ4n) is 2.42. The van der Waals surface area contributed by atoms with Gasteiger partial charge in [0, 0.05) is 5.02 Å². The third kappa shape index (κ3) is 4.19. The van der Waals surface area contributed by atoms with Crippen LogP contribution in [0.5, 0.6) is 5.75 Å². The molecule has 1 heterocycles. The summed E-state index contributed by atoms with van der Waals surface area (Å²) in [5, 5.41) is 20.7. The molecule has 0 aliphatic rings. The molecule has 3 rings (SSSR count). The Morgan fingerprint density at radius 3 is 2.89 bits per heavy atom. The van der Waals surface area contributed by atoms with Crippen molar-refractivity contribution in [2.45, 2.75) is 5.16 Å². The van der Waals surface area contributed by atoms with Crippen molar-refractivity contribution in [2.75, 3.05) is 24.0 Å². The first-order chi connectivity index (χ1) is 13.5. The maximum atomic E-state index is 12.3. The van der Waals surface area contributed by atoms with E-state index in [1.807, 2.05) is 24.3 Å². The third-order valence-corrected chi connectivity index (χ3v) is 4.90. The first-order valence-electron chi connectivity index (χ1n) is 7.99. The van der Waals surface area contributed by atoms with Crippen molar-refractivity contribution < 1.29 is 9.53 Å². The zero-order chi connectivity index (χ0) is 20.1. The Morgan fingerprint density at radius 1 is 1.36 bits per heavy atom. The number of carbonyl (C=O) groups is 1. The molecule has 1 amide bonds. The maximum Gasteiger partial charge on any atom is 0.234 e. The fourth-order valence-corrected chi connectivity index (χ4v) is 3.25. The summed E-state index contributed by atoms with van der Waals surface area (Å²) >= 11 is 7.04. The second-order valence-electron chi connectivity index (χ2n) is 5.52. The van der Waals surface area contributed by atoms with Crippen LogP contribution in [-0.4, -0.2) is 33.6 Å². The molecule has 0 aliphatic carbocycles. The van der Waals surface area contributed by atoms with Gasteiger partial charge in [0.15, 0.2) is 5.82 Å². The normalized spacial score (nSPS) is 10.3. The van der Waals surface area contributed by atoms with Crippen LogP contribution in [0.25, 0.3) is 11.4 Å². The van der Waals surface area contributed by atoms with Gasteiger partial charge >= 0.3 is 0 Å². The largest absolute Gasteiger partial charge is 0.496 e. The van der Waals surface area contributed by atoms with Crippen LogP contribution in [0, 0.1) is 11.3 Å². The molecular formula is C18H15ClN6O2S. The Bertz CT molecular complexity index is 1060. The van der Waals surface area contributed by atoms with Gasteiger partial charge in [-0.2, -0.15) is 5.26 Å². The van der Waals surface area contributed by atoms with E-state index < -0.39 is 0 Å². The van der Waals surface area contributed by atoms with Gasteiger partial charge in [-0.05, 0) is 30.3 Å². The number of thioether (sulfide) groups is 1. The van der Waals surface area contributed by atoms with Crippen molar-refractivity contribution in [2.24, 2.45) is 0 Å². The Balaban J connectivity index is 1.71. The minimum absolute atomic E-state index is 0.0264. The SMILES string of the molecule is COc1ccccc1-c1nnc(SCC(=O)Nc2cc(Cl)ccc2C#N)n1N. The standard InChI is InChI=1S/C18H15ClN6O2S/c1-27-15-5-3-2-4-13(15)17-23-24-18(25(17)21)28-10-16(26)22-14-8-12(19)7-6-11(14)9-20/h2-8H,10,21H2,1H3,(H,22,26). The molecule has 0 unspecified atom stereocenters. The number of ether oxygens (including phenoxy) is 1. The van der Waals surface area contributed by atoms with Crippen LogP contribution in [0.4, 0.5) is 5.69 Å². The molecule has 3 N–H and O–H groups in total. The monoisotopic (exact) mass is 414 g/mol. The number of benzene rings is 2. The van der Waals surface area contributed by atoms with Crippen molar-refractivity contribution >= 4 is 35.0 Å². The van der Waals surface area contributed by atoms with Crippen molar-refractivity contribution in [1.82, 2.24) is 14.9 Å². The lowest BCUT2D eigenvalue weighted by molar-refractivity contribution is -0.113. The molecule has 0 aliphatic heterocycles. The van der Waals surface area contributed by atoms with Crippen molar-refractivity contribution in [3.8, 4) is 23.2 Å². The summed E-state index contributed by atoms with van der Waals surface area (Å²) in [5.74, 6) is 6.82. The van der Waals surface area contributed by atoms with Gasteiger partial charge in [-0.1, -0.05) is 35.5 Å². The molecule has 0 fully saturated rings. The van der Waals surface area contributed by atoms with Gasteiger partial charge in [-0.3, -0.25) is 4.79 Å². The van der Waals surface area contributed by atoms with E-state index in [1.54, 1.807) is 25.3 Å². The predicted octanol–water partition coefficient (Wildman–Crippen LogP) is 2.92. The van der Waals surface area contributed by atoms with Crippen molar-refractivity contribution in [3.05, 3.63) is 53.1 Å². The summed E-state index contributed by atoms with van der Waals surface area (Å²) in [6.07, 6.45) is 0. The molecule has 0 atom stereocenters. The Hall–Kier alpha value is -3.22. The Morgan fingerprint density at radius 2 is 2.14 bits per heavy atom. The van der Waals surface area contributed by atoms with Gasteiger partial charge in [0.05, 0.1) is 29.7 Å². The number of methoxy groups -OCH3 is 1. The van der Waals surface area contributed by atoms with Crippen LogP contribution in [0.15, 0.2) is 47.6 Å². The molecule has 2 aromatic carbocycles. The molecular weight excluding hydrogens is 400 g/mol. The number of nitrogens with one attached hydrogen (secondary N) is 1. The lowest BCUT2D eigenvalue weighted by Crippen LogP contribution is -2.17. The number of nitrogens with two attached hydrogens (primary N) is 1. The number of hydrogen-bond acceptors (Lipinski definition) is 7. The second-order valence-corrected chi connectivity index (χ2v) is 6.89. The molecule has 3 aromatic rings. The number of nitriles is 1. The first kappa shape index (κ1) is 19.5. The summed E-state index contributed by atoms with van der Waals surface area (Å²) in [4.78, 5) is 12.3. The number of carbonyl (C=O) groups excluding carboxylic acids is 1. The molecule has 0 radical (unpaired) electrons. The van der Waals surface area contributed by atoms with Crippen molar-refractivity contribution in [1.29, 1.82) is 5.26 Å². The summed E-state index contributed by atoms with van der Waals surface area (Å²) in [6, 6.07) is 13.9. The van der Waals surface area contributed by atoms with E-state index in [1.165, 1.54) is 10.7 Å². The highest BCUT2D eigenvalue weighted by molar-refractivity contribution is 7.99. The Kier molecular flexibility index (Phi) is 6.03. The zero-order valence-electron chi connectivity index (χ0n) is 14.7. The first-order valence-corrected chi connectivity index (χ1v) is 9.36. The molecule has 1 aromatic heterocycles. The predicted molar refractivity (Wildman–Crippen MR) is 108 cm³/mol. The van der Waals surface area contributed by atoms with Gasteiger partial charge in [0.25, 0.3) is 0 Å². The molecule has 10 heteroatoms. The number of rotatable bonds is 6. The number of anilines is 1. The lowest BCUT2D eigenvalue weighted by atomic mass is 10.2. The van der Waals surface area contributed by atoms with E-state index in [0.29, 0.717) is 38.6 Å². The topological polar surface area (TPSA) is 119 Å². The number of amides is 1. The molecule has 0 bridgehead atoms. The van der Waals surface area contributed by atoms with E-state index in [2.05, 4.69) is 15.5 Å². The summed E-state index contributed by atoms with van der Waals surface area (Å²) in [6.45, 7) is 0. The van der Waals surface area contributed by atoms with E-state index in [0.717, 1.165) is 11.8 Å². The fraction of sp³-hybridized carbons (Fsp3) is 0.111. The Labute approximate surface area is 170 Å². The van der Waals surface area contributed by atoms with Gasteiger partial charge in [0.1, 0.15) is 11.8 Å². The maximum absolute atomic E-state index is 12.3. The van der Waals surface area contributed by atoms with E-state index in [4.69, 9.17) is 27.4 Å². The van der Waals surface area contributed by atoms with Crippen LogP contribution >= 0.6 is 23.4 Å². The molecule has 0 saturated carbocycles. The average molecular weight is 415 g/mol. The third-order valence-electron chi connectivity index (χ3n) is 3.72. The minimum atomic E-state index is -0.328. The number of aromatic nitrogens is 3. The summed E-state index contributed by atoms with van der Waals surface area (Å²) in [7, 11) is 1.56. The van der Waals surface area contributed by atoms with Crippen LogP contribution in [-0.2, 0) is 4.79 Å². The van der Waals surface area contributed by atoms with Crippen LogP contribution in [0.1, 0.15) is 5.56 Å². The van der Waals surface area contributed by atoms with Crippen LogP contribution in [0.3, 0.4) is 0 Å². The highest BCUT2D eigenvalue weighted by Gasteiger charge is 2.17. The van der Waals surface area contributed by atoms with Crippen molar-refractivity contribution in [3.63, 3.8) is 0 Å². The number of nitrogen functional groups attached to an aromatic ring is 1. The van der Waals surface area contributed by atoms with Gasteiger partial charge in [0.2, 0.25) is 11.1 Å². The number of hydrogen-bond donors (Lipinski definition) is 2. The summed E-state index contributed by atoms with van der Waals surface area (Å²) < 4.78 is 6.62. The highest BCUT2D eigenvalue weighted by atomic mass is 35.5. The molecule has 142 valence electrons. The van der Waals surface area contributed by atoms with E-state index in [9.17, 15) is 4.79 Å². The lowest BCUT2D eigenvalue weighted by Gasteiger charge is -2.08. The quantitative estimate of drug-likeness (QED) is 0.470. The molecule has 8 nitrogen and oxygen atoms in total. The van der Waals surface area contributed by atoms with Gasteiger partial charge in [-0.15, -0.1) is 10.2 Å². The second kappa shape index (κ2) is 8.65. The van der Waals surface area contributed by atoms with Crippen LogP contribution in [0.2, 0.25) is 5.02 Å². The molecule has 0 saturated heterocycles. The van der Waals surface area contributed by atoms with Gasteiger partial charge < -0.3 is 15.9 Å². The molecule has 0 spiro atoms. The number of halogens is 1. The zero-order valence-corrected chi connectivity index (χ0v) is 16.3. The number of nitrogens with zero attached hydrogens (tertiary/aromatic N) is 4. The smallest absolute Gasteiger partial charge is 0.234 e. The van der Waals surface area contributed by atoms with Crippen LogP contribution < -0.4 is 15.9 Å².